The van der Waals surface area contributed by atoms with Crippen LogP contribution in [0, 0.1) is 0 Å². The van der Waals surface area contributed by atoms with Gasteiger partial charge in [-0.1, -0.05) is 24.3 Å². The molecule has 25 heavy (non-hydrogen) atoms. The monoisotopic (exact) mass is 378 g/mol. The van der Waals surface area contributed by atoms with Crippen LogP contribution in [-0.2, 0) is 27.8 Å². The summed E-state index contributed by atoms with van der Waals surface area (Å²) in [5.41, 5.74) is 0.929. The second-order valence-corrected chi connectivity index (χ2v) is 8.41. The van der Waals surface area contributed by atoms with Crippen LogP contribution in [0.1, 0.15) is 16.9 Å². The Balaban J connectivity index is 1.96. The summed E-state index contributed by atoms with van der Waals surface area (Å²) < 4.78 is 25.7. The van der Waals surface area contributed by atoms with Crippen LogP contribution in [0.5, 0.6) is 0 Å². The molecule has 1 aromatic heterocycles. The van der Waals surface area contributed by atoms with Crippen molar-refractivity contribution in [3.63, 3.8) is 0 Å². The number of amides is 1. The zero-order chi connectivity index (χ0) is 18.3. The molecule has 5 nitrogen and oxygen atoms in total. The Hall–Kier alpha value is -1.96. The number of rotatable bonds is 9. The molecule has 0 unspecified atom stereocenters. The van der Waals surface area contributed by atoms with Crippen LogP contribution in [0.25, 0.3) is 0 Å². The number of sulfonamides is 1. The fourth-order valence-corrected chi connectivity index (χ4v) is 3.81. The van der Waals surface area contributed by atoms with Crippen molar-refractivity contribution in [1.29, 1.82) is 0 Å². The van der Waals surface area contributed by atoms with Gasteiger partial charge in [0, 0.05) is 17.8 Å². The van der Waals surface area contributed by atoms with Gasteiger partial charge in [0.2, 0.25) is 15.9 Å². The van der Waals surface area contributed by atoms with E-state index in [1.54, 1.807) is 46.6 Å². The first-order chi connectivity index (χ1) is 12.0. The van der Waals surface area contributed by atoms with Crippen molar-refractivity contribution in [3.8, 4) is 0 Å². The number of benzene rings is 1. The number of carbonyl (C=O) groups excluding carboxylic acids is 1. The van der Waals surface area contributed by atoms with Crippen LogP contribution >= 0.6 is 11.3 Å². The molecule has 0 atom stereocenters. The molecule has 0 saturated heterocycles. The number of nitrogens with zero attached hydrogens (tertiary/aromatic N) is 1. The molecule has 7 heteroatoms. The van der Waals surface area contributed by atoms with Crippen LogP contribution in [0.2, 0.25) is 0 Å². The van der Waals surface area contributed by atoms with Crippen molar-refractivity contribution in [1.82, 2.24) is 9.62 Å². The Morgan fingerprint density at radius 1 is 1.28 bits per heavy atom. The molecule has 1 aromatic carbocycles. The van der Waals surface area contributed by atoms with Crippen molar-refractivity contribution in [2.75, 3.05) is 13.6 Å². The van der Waals surface area contributed by atoms with Gasteiger partial charge in [-0.15, -0.1) is 17.9 Å². The Bertz CT molecular complexity index is 797. The largest absolute Gasteiger partial charge is 0.334 e. The molecule has 0 fully saturated rings. The highest BCUT2D eigenvalue weighted by atomic mass is 32.2. The minimum absolute atomic E-state index is 0.0558. The van der Waals surface area contributed by atoms with Crippen molar-refractivity contribution in [3.05, 3.63) is 64.9 Å². The fraction of sp³-hybridized carbons (Fsp3) is 0.278. The first-order valence-electron chi connectivity index (χ1n) is 7.90. The summed E-state index contributed by atoms with van der Waals surface area (Å²) in [6, 6.07) is 10.6. The summed E-state index contributed by atoms with van der Waals surface area (Å²) in [5.74, 6) is 0.0558. The lowest BCUT2D eigenvalue weighted by Crippen LogP contribution is -2.30. The molecule has 0 radical (unpaired) electrons. The molecule has 2 rings (SSSR count). The van der Waals surface area contributed by atoms with E-state index in [0.717, 1.165) is 10.4 Å². The highest BCUT2D eigenvalue weighted by Gasteiger charge is 2.14. The Labute approximate surface area is 153 Å². The van der Waals surface area contributed by atoms with Crippen LogP contribution in [0.4, 0.5) is 0 Å². The van der Waals surface area contributed by atoms with Crippen LogP contribution < -0.4 is 4.72 Å². The maximum atomic E-state index is 12.5. The predicted molar refractivity (Wildman–Crippen MR) is 101 cm³/mol. The van der Waals surface area contributed by atoms with Gasteiger partial charge < -0.3 is 4.90 Å². The van der Waals surface area contributed by atoms with Gasteiger partial charge in [-0.2, -0.15) is 0 Å². The van der Waals surface area contributed by atoms with E-state index in [-0.39, 0.29) is 10.8 Å². The van der Waals surface area contributed by atoms with Crippen molar-refractivity contribution < 1.29 is 13.2 Å². The zero-order valence-corrected chi connectivity index (χ0v) is 15.8. The summed E-state index contributed by atoms with van der Waals surface area (Å²) >= 11 is 1.62. The maximum absolute atomic E-state index is 12.5. The van der Waals surface area contributed by atoms with Crippen molar-refractivity contribution in [2.24, 2.45) is 0 Å². The molecule has 0 aliphatic carbocycles. The van der Waals surface area contributed by atoms with Gasteiger partial charge in [-0.05, 0) is 42.6 Å². The van der Waals surface area contributed by atoms with E-state index < -0.39 is 10.0 Å². The second-order valence-electron chi connectivity index (χ2n) is 5.49. The number of thiophene rings is 1. The van der Waals surface area contributed by atoms with Gasteiger partial charge in [0.05, 0.1) is 11.4 Å². The van der Waals surface area contributed by atoms with Crippen molar-refractivity contribution >= 4 is 27.3 Å². The Morgan fingerprint density at radius 3 is 2.56 bits per heavy atom. The first kappa shape index (κ1) is 19.4. The van der Waals surface area contributed by atoms with Gasteiger partial charge in [-0.25, -0.2) is 13.1 Å². The first-order valence-corrected chi connectivity index (χ1v) is 10.3. The van der Waals surface area contributed by atoms with E-state index >= 15 is 0 Å². The molecular formula is C18H22N2O3S2. The molecule has 2 aromatic rings. The normalized spacial score (nSPS) is 11.2. The molecule has 0 bridgehead atoms. The Morgan fingerprint density at radius 2 is 2.00 bits per heavy atom. The fourth-order valence-electron chi connectivity index (χ4n) is 2.36. The summed E-state index contributed by atoms with van der Waals surface area (Å²) in [7, 11) is -2.05. The summed E-state index contributed by atoms with van der Waals surface area (Å²) in [5, 5.41) is 1.99. The molecule has 0 aliphatic heterocycles. The van der Waals surface area contributed by atoms with Gasteiger partial charge in [-0.3, -0.25) is 4.79 Å². The van der Waals surface area contributed by atoms with Crippen molar-refractivity contribution in [2.45, 2.75) is 24.3 Å². The smallest absolute Gasteiger partial charge is 0.240 e. The summed E-state index contributed by atoms with van der Waals surface area (Å²) in [6.45, 7) is 4.81. The second kappa shape index (κ2) is 8.94. The molecule has 1 N–H and O–H groups in total. The van der Waals surface area contributed by atoms with Crippen LogP contribution in [0.15, 0.2) is 59.3 Å². The molecule has 0 spiro atoms. The third kappa shape index (κ3) is 5.52. The highest BCUT2D eigenvalue weighted by Crippen LogP contribution is 2.15. The Kier molecular flexibility index (Phi) is 6.92. The molecule has 1 heterocycles. The SMILES string of the molecule is C=CCN(Cc1cccs1)C(=O)CCc1ccc(S(=O)(=O)NC)cc1. The molecular weight excluding hydrogens is 356 g/mol. The lowest BCUT2D eigenvalue weighted by molar-refractivity contribution is -0.131. The van der Waals surface area contributed by atoms with E-state index in [1.165, 1.54) is 7.05 Å². The standard InChI is InChI=1S/C18H22N2O3S2/c1-3-12-20(14-16-5-4-13-24-16)18(21)11-8-15-6-9-17(10-7-15)25(22,23)19-2/h3-7,9-10,13,19H,1,8,11-12,14H2,2H3. The number of nitrogens with one attached hydrogen (secondary N) is 1. The minimum Gasteiger partial charge on any atom is -0.334 e. The molecule has 134 valence electrons. The third-order valence-corrected chi connectivity index (χ3v) is 6.05. The average molecular weight is 379 g/mol. The third-order valence-electron chi connectivity index (χ3n) is 3.76. The quantitative estimate of drug-likeness (QED) is 0.683. The van der Waals surface area contributed by atoms with E-state index in [2.05, 4.69) is 11.3 Å². The van der Waals surface area contributed by atoms with Crippen LogP contribution in [0.3, 0.4) is 0 Å². The summed E-state index contributed by atoms with van der Waals surface area (Å²) in [4.78, 5) is 15.6. The highest BCUT2D eigenvalue weighted by molar-refractivity contribution is 7.89. The number of aryl methyl sites for hydroxylation is 1. The lowest BCUT2D eigenvalue weighted by atomic mass is 10.1. The average Bonchev–Trinajstić information content (AvgIpc) is 3.13. The van der Waals surface area contributed by atoms with E-state index in [0.29, 0.717) is 25.9 Å². The van der Waals surface area contributed by atoms with E-state index in [9.17, 15) is 13.2 Å². The number of hydrogen-bond donors (Lipinski definition) is 1. The zero-order valence-electron chi connectivity index (χ0n) is 14.1. The van der Waals surface area contributed by atoms with Crippen LogP contribution in [-0.4, -0.2) is 32.8 Å². The predicted octanol–water partition coefficient (Wildman–Crippen LogP) is 2.80. The number of hydrogen-bond acceptors (Lipinski definition) is 4. The summed E-state index contributed by atoms with van der Waals surface area (Å²) in [6.07, 6.45) is 2.66. The van der Waals surface area contributed by atoms with Gasteiger partial charge in [0.1, 0.15) is 0 Å². The maximum Gasteiger partial charge on any atom is 0.240 e. The molecule has 0 saturated carbocycles. The van der Waals surface area contributed by atoms with Gasteiger partial charge >= 0.3 is 0 Å². The number of carbonyl (C=O) groups is 1. The van der Waals surface area contributed by atoms with Gasteiger partial charge in [0.25, 0.3) is 0 Å². The van der Waals surface area contributed by atoms with E-state index in [1.807, 2.05) is 17.5 Å². The minimum atomic E-state index is -3.43. The molecule has 0 aliphatic rings. The van der Waals surface area contributed by atoms with E-state index in [4.69, 9.17) is 0 Å². The molecule has 1 amide bonds. The topological polar surface area (TPSA) is 66.5 Å². The lowest BCUT2D eigenvalue weighted by Gasteiger charge is -2.20. The van der Waals surface area contributed by atoms with Gasteiger partial charge in [0.15, 0.2) is 0 Å².